The van der Waals surface area contributed by atoms with Crippen molar-refractivity contribution < 1.29 is 22.0 Å². The molecule has 5 nitrogen and oxygen atoms in total. The van der Waals surface area contributed by atoms with Crippen molar-refractivity contribution >= 4 is 33.2 Å². The average Bonchev–Trinajstić information content (AvgIpc) is 2.55. The smallest absolute Gasteiger partial charge is 0.243 e. The largest absolute Gasteiger partial charge is 0.322 e. The van der Waals surface area contributed by atoms with Crippen molar-refractivity contribution in [1.29, 1.82) is 0 Å². The molecule has 0 fully saturated rings. The normalized spacial score (nSPS) is 11.6. The van der Waals surface area contributed by atoms with E-state index in [1.54, 1.807) is 6.92 Å². The number of hydrogen-bond acceptors (Lipinski definition) is 3. The zero-order valence-corrected chi connectivity index (χ0v) is 14.7. The lowest BCUT2D eigenvalue weighted by Crippen LogP contribution is -2.37. The molecule has 0 aliphatic carbocycles. The Kier molecular flexibility index (Phi) is 6.10. The van der Waals surface area contributed by atoms with Crippen molar-refractivity contribution in [2.45, 2.75) is 11.8 Å². The molecule has 0 radical (unpaired) electrons. The summed E-state index contributed by atoms with van der Waals surface area (Å²) in [5.41, 5.74) is -0.230. The molecule has 0 aromatic heterocycles. The second-order valence-corrected chi connectivity index (χ2v) is 7.43. The number of carbonyl (C=O) groups excluding carboxylic acids is 1. The van der Waals surface area contributed by atoms with Crippen molar-refractivity contribution in [3.05, 3.63) is 59.1 Å². The first-order valence-electron chi connectivity index (χ1n) is 7.24. The third-order valence-electron chi connectivity index (χ3n) is 3.33. The molecule has 0 unspecified atom stereocenters. The quantitative estimate of drug-likeness (QED) is 0.825. The number of likely N-dealkylation sites (N-methyl/N-ethyl adjacent to an activating group) is 1. The van der Waals surface area contributed by atoms with Crippen LogP contribution >= 0.6 is 11.6 Å². The summed E-state index contributed by atoms with van der Waals surface area (Å²) in [5, 5.41) is 2.61. The topological polar surface area (TPSA) is 66.5 Å². The maximum atomic E-state index is 13.6. The van der Waals surface area contributed by atoms with E-state index < -0.39 is 34.1 Å². The van der Waals surface area contributed by atoms with Crippen molar-refractivity contribution in [3.63, 3.8) is 0 Å². The van der Waals surface area contributed by atoms with Gasteiger partial charge in [0.2, 0.25) is 15.9 Å². The summed E-state index contributed by atoms with van der Waals surface area (Å²) < 4.78 is 52.5. The number of sulfonamides is 1. The maximum absolute atomic E-state index is 13.6. The van der Waals surface area contributed by atoms with Gasteiger partial charge in [-0.25, -0.2) is 17.2 Å². The van der Waals surface area contributed by atoms with Gasteiger partial charge in [0.25, 0.3) is 0 Å². The highest BCUT2D eigenvalue weighted by Crippen LogP contribution is 2.19. The molecule has 2 aromatic rings. The Labute approximate surface area is 149 Å². The molecule has 0 heterocycles. The summed E-state index contributed by atoms with van der Waals surface area (Å²) in [6.07, 6.45) is 0. The van der Waals surface area contributed by atoms with Gasteiger partial charge in [-0.1, -0.05) is 18.5 Å². The predicted octanol–water partition coefficient (Wildman–Crippen LogP) is 3.27. The van der Waals surface area contributed by atoms with Crippen molar-refractivity contribution in [3.8, 4) is 0 Å². The summed E-state index contributed by atoms with van der Waals surface area (Å²) in [4.78, 5) is 12.0. The molecule has 9 heteroatoms. The van der Waals surface area contributed by atoms with Crippen LogP contribution in [0.4, 0.5) is 14.5 Å². The molecule has 0 saturated heterocycles. The van der Waals surface area contributed by atoms with Crippen LogP contribution in [0.5, 0.6) is 0 Å². The number of hydrogen-bond donors (Lipinski definition) is 1. The van der Waals surface area contributed by atoms with Crippen molar-refractivity contribution in [1.82, 2.24) is 4.31 Å². The number of halogens is 3. The van der Waals surface area contributed by atoms with Gasteiger partial charge < -0.3 is 5.32 Å². The molecule has 1 amide bonds. The molecule has 0 bridgehead atoms. The van der Waals surface area contributed by atoms with E-state index >= 15 is 0 Å². The third-order valence-corrected chi connectivity index (χ3v) is 5.52. The average molecular weight is 389 g/mol. The Morgan fingerprint density at radius 2 is 1.80 bits per heavy atom. The Balaban J connectivity index is 2.15. The van der Waals surface area contributed by atoms with Crippen LogP contribution in [0, 0.1) is 11.6 Å². The molecule has 0 saturated carbocycles. The zero-order valence-electron chi connectivity index (χ0n) is 13.2. The Bertz CT molecular complexity index is 873. The lowest BCUT2D eigenvalue weighted by atomic mass is 10.3. The number of nitrogens with one attached hydrogen (secondary N) is 1. The van der Waals surface area contributed by atoms with Gasteiger partial charge in [0.1, 0.15) is 11.6 Å². The molecule has 0 aliphatic rings. The number of nitrogens with zero attached hydrogens (tertiary/aromatic N) is 1. The predicted molar refractivity (Wildman–Crippen MR) is 90.9 cm³/mol. The van der Waals surface area contributed by atoms with Crippen LogP contribution in [-0.4, -0.2) is 31.7 Å². The Morgan fingerprint density at radius 1 is 1.16 bits per heavy atom. The van der Waals surface area contributed by atoms with Gasteiger partial charge in [-0.15, -0.1) is 0 Å². The second-order valence-electron chi connectivity index (χ2n) is 5.06. The Morgan fingerprint density at radius 3 is 2.36 bits per heavy atom. The van der Waals surface area contributed by atoms with Crippen LogP contribution in [0.25, 0.3) is 0 Å². The van der Waals surface area contributed by atoms with Gasteiger partial charge in [0.15, 0.2) is 0 Å². The van der Waals surface area contributed by atoms with E-state index in [2.05, 4.69) is 5.32 Å². The molecular weight excluding hydrogens is 374 g/mol. The third kappa shape index (κ3) is 4.75. The van der Waals surface area contributed by atoms with Gasteiger partial charge in [-0.3, -0.25) is 4.79 Å². The van der Waals surface area contributed by atoms with Gasteiger partial charge in [0.05, 0.1) is 17.1 Å². The first kappa shape index (κ1) is 19.3. The lowest BCUT2D eigenvalue weighted by molar-refractivity contribution is -0.116. The first-order chi connectivity index (χ1) is 11.7. The van der Waals surface area contributed by atoms with Crippen LogP contribution in [0.3, 0.4) is 0 Å². The summed E-state index contributed by atoms with van der Waals surface area (Å²) >= 11 is 5.74. The fourth-order valence-corrected chi connectivity index (χ4v) is 3.59. The highest BCUT2D eigenvalue weighted by molar-refractivity contribution is 7.89. The summed E-state index contributed by atoms with van der Waals surface area (Å²) in [6, 6.07) is 8.19. The fourth-order valence-electron chi connectivity index (χ4n) is 2.06. The number of carbonyl (C=O) groups is 1. The number of amides is 1. The van der Waals surface area contributed by atoms with E-state index in [-0.39, 0.29) is 17.1 Å². The molecule has 134 valence electrons. The van der Waals surface area contributed by atoms with Gasteiger partial charge in [-0.05, 0) is 36.4 Å². The monoisotopic (exact) mass is 388 g/mol. The van der Waals surface area contributed by atoms with Crippen LogP contribution in [0.2, 0.25) is 5.02 Å². The van der Waals surface area contributed by atoms with Crippen molar-refractivity contribution in [2.75, 3.05) is 18.4 Å². The summed E-state index contributed by atoms with van der Waals surface area (Å²) in [6.45, 7) is 1.09. The number of anilines is 1. The molecule has 1 N–H and O–H groups in total. The molecular formula is C16H15ClF2N2O3S. The molecule has 0 spiro atoms. The molecule has 2 aromatic carbocycles. The molecule has 2 rings (SSSR count). The van der Waals surface area contributed by atoms with E-state index in [4.69, 9.17) is 11.6 Å². The minimum atomic E-state index is -3.91. The highest BCUT2D eigenvalue weighted by atomic mass is 35.5. The second kappa shape index (κ2) is 7.90. The standard InChI is InChI=1S/C16H15ClF2N2O3S/c1-2-21(25(23,24)13-6-3-11(17)4-7-13)10-16(22)20-15-8-5-12(18)9-14(15)19/h3-9H,2,10H2,1H3,(H,20,22). The fraction of sp³-hybridized carbons (Fsp3) is 0.188. The summed E-state index contributed by atoms with van der Waals surface area (Å²) in [7, 11) is -3.91. The highest BCUT2D eigenvalue weighted by Gasteiger charge is 2.25. The maximum Gasteiger partial charge on any atom is 0.243 e. The minimum Gasteiger partial charge on any atom is -0.322 e. The number of rotatable bonds is 6. The van der Waals surface area contributed by atoms with Crippen LogP contribution in [-0.2, 0) is 14.8 Å². The van der Waals surface area contributed by atoms with Crippen LogP contribution in [0.1, 0.15) is 6.92 Å². The van der Waals surface area contributed by atoms with E-state index in [0.717, 1.165) is 16.4 Å². The van der Waals surface area contributed by atoms with Crippen LogP contribution < -0.4 is 5.32 Å². The first-order valence-corrected chi connectivity index (χ1v) is 9.06. The number of benzene rings is 2. The lowest BCUT2D eigenvalue weighted by Gasteiger charge is -2.20. The van der Waals surface area contributed by atoms with Gasteiger partial charge >= 0.3 is 0 Å². The van der Waals surface area contributed by atoms with Crippen LogP contribution in [0.15, 0.2) is 47.4 Å². The van der Waals surface area contributed by atoms with Gasteiger partial charge in [0, 0.05) is 17.6 Å². The van der Waals surface area contributed by atoms with Gasteiger partial charge in [-0.2, -0.15) is 4.31 Å². The molecule has 0 atom stereocenters. The molecule has 0 aliphatic heterocycles. The van der Waals surface area contributed by atoms with Crippen molar-refractivity contribution in [2.24, 2.45) is 0 Å². The van der Waals surface area contributed by atoms with E-state index in [1.165, 1.54) is 24.3 Å². The summed E-state index contributed by atoms with van der Waals surface area (Å²) in [5.74, 6) is -2.47. The minimum absolute atomic E-state index is 0.0143. The van der Waals surface area contributed by atoms with E-state index in [1.807, 2.05) is 0 Å². The van der Waals surface area contributed by atoms with E-state index in [0.29, 0.717) is 11.1 Å². The molecule has 25 heavy (non-hydrogen) atoms. The Hall–Kier alpha value is -2.03. The van der Waals surface area contributed by atoms with E-state index in [9.17, 15) is 22.0 Å². The zero-order chi connectivity index (χ0) is 18.6. The SMILES string of the molecule is CCN(CC(=O)Nc1ccc(F)cc1F)S(=O)(=O)c1ccc(Cl)cc1.